The predicted molar refractivity (Wildman–Crippen MR) is 104 cm³/mol. The van der Waals surface area contributed by atoms with Gasteiger partial charge < -0.3 is 4.74 Å². The van der Waals surface area contributed by atoms with Gasteiger partial charge in [0.1, 0.15) is 11.6 Å². The number of nitrogens with zero attached hydrogens (tertiary/aromatic N) is 1. The van der Waals surface area contributed by atoms with Crippen LogP contribution in [-0.2, 0) is 27.3 Å². The van der Waals surface area contributed by atoms with Gasteiger partial charge in [0, 0.05) is 24.9 Å². The van der Waals surface area contributed by atoms with Crippen molar-refractivity contribution < 1.29 is 19.5 Å². The lowest BCUT2D eigenvalue weighted by Gasteiger charge is -2.25. The first-order chi connectivity index (χ1) is 13.3. The summed E-state index contributed by atoms with van der Waals surface area (Å²) in [6.07, 6.45) is 2.30. The SMILES string of the molecule is CC(C)(C)OC(=O)[C@@H](NCc1ccc(CCC(=O)NO)nc1)c1ccccc1. The van der Waals surface area contributed by atoms with Gasteiger partial charge in [0.2, 0.25) is 5.91 Å². The van der Waals surface area contributed by atoms with Crippen LogP contribution in [0.5, 0.6) is 0 Å². The smallest absolute Gasteiger partial charge is 0.328 e. The van der Waals surface area contributed by atoms with Crippen molar-refractivity contribution in [2.24, 2.45) is 0 Å². The number of hydrogen-bond donors (Lipinski definition) is 3. The number of hydroxylamine groups is 1. The van der Waals surface area contributed by atoms with Crippen LogP contribution in [0, 0.1) is 0 Å². The van der Waals surface area contributed by atoms with E-state index in [-0.39, 0.29) is 12.4 Å². The van der Waals surface area contributed by atoms with Crippen LogP contribution in [0.1, 0.15) is 50.1 Å². The monoisotopic (exact) mass is 385 g/mol. The minimum Gasteiger partial charge on any atom is -0.459 e. The molecule has 7 nitrogen and oxygen atoms in total. The van der Waals surface area contributed by atoms with E-state index >= 15 is 0 Å². The molecule has 150 valence electrons. The summed E-state index contributed by atoms with van der Waals surface area (Å²) in [4.78, 5) is 28.1. The van der Waals surface area contributed by atoms with Gasteiger partial charge in [-0.1, -0.05) is 36.4 Å². The summed E-state index contributed by atoms with van der Waals surface area (Å²) in [6.45, 7) is 5.95. The first-order valence-electron chi connectivity index (χ1n) is 9.16. The van der Waals surface area contributed by atoms with Crippen molar-refractivity contribution in [2.75, 3.05) is 0 Å². The third-order valence-electron chi connectivity index (χ3n) is 3.90. The zero-order valence-electron chi connectivity index (χ0n) is 16.4. The maximum Gasteiger partial charge on any atom is 0.328 e. The van der Waals surface area contributed by atoms with Gasteiger partial charge in [-0.2, -0.15) is 0 Å². The number of rotatable bonds is 8. The molecule has 1 aromatic heterocycles. The Morgan fingerprint density at radius 1 is 1.14 bits per heavy atom. The number of ether oxygens (including phenoxy) is 1. The average Bonchev–Trinajstić information content (AvgIpc) is 2.66. The van der Waals surface area contributed by atoms with Gasteiger partial charge in [0.05, 0.1) is 0 Å². The third-order valence-corrected chi connectivity index (χ3v) is 3.90. The van der Waals surface area contributed by atoms with Gasteiger partial charge in [-0.15, -0.1) is 0 Å². The van der Waals surface area contributed by atoms with Crippen LogP contribution >= 0.6 is 0 Å². The molecule has 2 aromatic rings. The quantitative estimate of drug-likeness (QED) is 0.367. The number of aryl methyl sites for hydroxylation is 1. The Bertz CT molecular complexity index is 770. The van der Waals surface area contributed by atoms with Crippen LogP contribution < -0.4 is 10.8 Å². The van der Waals surface area contributed by atoms with Gasteiger partial charge in [-0.05, 0) is 44.4 Å². The molecule has 3 N–H and O–H groups in total. The molecule has 0 saturated carbocycles. The highest BCUT2D eigenvalue weighted by molar-refractivity contribution is 5.78. The van der Waals surface area contributed by atoms with E-state index in [1.807, 2.05) is 63.2 Å². The molecule has 0 bridgehead atoms. The normalized spacial score (nSPS) is 12.3. The molecule has 0 saturated heterocycles. The van der Waals surface area contributed by atoms with Gasteiger partial charge >= 0.3 is 5.97 Å². The maximum atomic E-state index is 12.7. The van der Waals surface area contributed by atoms with E-state index in [2.05, 4.69) is 10.3 Å². The van der Waals surface area contributed by atoms with E-state index < -0.39 is 17.6 Å². The highest BCUT2D eigenvalue weighted by Crippen LogP contribution is 2.19. The first-order valence-corrected chi connectivity index (χ1v) is 9.16. The second-order valence-corrected chi connectivity index (χ2v) is 7.45. The number of carbonyl (C=O) groups is 2. The van der Waals surface area contributed by atoms with Gasteiger partial charge in [0.25, 0.3) is 0 Å². The third kappa shape index (κ3) is 7.09. The molecule has 0 aliphatic heterocycles. The molecule has 0 aliphatic carbocycles. The van der Waals surface area contributed by atoms with Gasteiger partial charge in [0.15, 0.2) is 0 Å². The van der Waals surface area contributed by atoms with Crippen molar-refractivity contribution in [2.45, 2.75) is 51.8 Å². The summed E-state index contributed by atoms with van der Waals surface area (Å²) in [5.41, 5.74) is 3.51. The van der Waals surface area contributed by atoms with E-state index in [9.17, 15) is 9.59 Å². The highest BCUT2D eigenvalue weighted by Gasteiger charge is 2.26. The largest absolute Gasteiger partial charge is 0.459 e. The van der Waals surface area contributed by atoms with Crippen LogP contribution in [0.3, 0.4) is 0 Å². The zero-order chi connectivity index (χ0) is 20.6. The molecule has 0 aliphatic rings. The Morgan fingerprint density at radius 3 is 2.43 bits per heavy atom. The van der Waals surface area contributed by atoms with E-state index in [1.54, 1.807) is 11.7 Å². The summed E-state index contributed by atoms with van der Waals surface area (Å²) in [6, 6.07) is 12.6. The predicted octanol–water partition coefficient (Wildman–Crippen LogP) is 2.69. The number of esters is 1. The van der Waals surface area contributed by atoms with Crippen molar-refractivity contribution in [3.63, 3.8) is 0 Å². The second-order valence-electron chi connectivity index (χ2n) is 7.45. The average molecular weight is 385 g/mol. The van der Waals surface area contributed by atoms with Gasteiger partial charge in [-0.3, -0.25) is 20.3 Å². The molecule has 0 spiro atoms. The standard InChI is InChI=1S/C21H27N3O4/c1-21(2,3)28-20(26)19(16-7-5-4-6-8-16)23-14-15-9-10-17(22-13-15)11-12-18(25)24-27/h4-10,13,19,23,27H,11-12,14H2,1-3H3,(H,24,25)/t19-/m0/s1. The number of carbonyl (C=O) groups excluding carboxylic acids is 2. The molecule has 2 rings (SSSR count). The van der Waals surface area contributed by atoms with Crippen LogP contribution in [-0.4, -0.2) is 27.7 Å². The lowest BCUT2D eigenvalue weighted by Crippen LogP contribution is -2.34. The maximum absolute atomic E-state index is 12.7. The Labute approximate surface area is 165 Å². The van der Waals surface area contributed by atoms with Gasteiger partial charge in [-0.25, -0.2) is 10.3 Å². The number of benzene rings is 1. The number of nitrogens with one attached hydrogen (secondary N) is 2. The van der Waals surface area contributed by atoms with Crippen molar-refractivity contribution in [3.05, 3.63) is 65.5 Å². The molecule has 1 aromatic carbocycles. The van der Waals surface area contributed by atoms with E-state index in [0.717, 1.165) is 16.8 Å². The number of hydrogen-bond acceptors (Lipinski definition) is 6. The summed E-state index contributed by atoms with van der Waals surface area (Å²) in [5, 5.41) is 11.8. The first kappa shape index (κ1) is 21.5. The molecule has 1 heterocycles. The summed E-state index contributed by atoms with van der Waals surface area (Å²) in [5.74, 6) is -0.783. The number of pyridine rings is 1. The minimum atomic E-state index is -0.589. The van der Waals surface area contributed by atoms with Crippen molar-refractivity contribution in [1.29, 1.82) is 0 Å². The molecule has 0 radical (unpaired) electrons. The Balaban J connectivity index is 2.02. The molecule has 28 heavy (non-hydrogen) atoms. The van der Waals surface area contributed by atoms with Crippen LogP contribution in [0.15, 0.2) is 48.7 Å². The Hall–Kier alpha value is -2.77. The molecular formula is C21H27N3O4. The molecule has 0 unspecified atom stereocenters. The van der Waals surface area contributed by atoms with Crippen molar-refractivity contribution in [1.82, 2.24) is 15.8 Å². The fourth-order valence-corrected chi connectivity index (χ4v) is 2.57. The fraction of sp³-hybridized carbons (Fsp3) is 0.381. The number of aromatic nitrogens is 1. The zero-order valence-corrected chi connectivity index (χ0v) is 16.4. The molecule has 1 atom stereocenters. The topological polar surface area (TPSA) is 101 Å². The summed E-state index contributed by atoms with van der Waals surface area (Å²) >= 11 is 0. The van der Waals surface area contributed by atoms with E-state index in [4.69, 9.17) is 9.94 Å². The highest BCUT2D eigenvalue weighted by atomic mass is 16.6. The van der Waals surface area contributed by atoms with Crippen LogP contribution in [0.2, 0.25) is 0 Å². The lowest BCUT2D eigenvalue weighted by molar-refractivity contribution is -0.157. The lowest BCUT2D eigenvalue weighted by atomic mass is 10.1. The summed E-state index contributed by atoms with van der Waals surface area (Å²) < 4.78 is 5.55. The Kier molecular flexibility index (Phi) is 7.66. The molecule has 0 fully saturated rings. The van der Waals surface area contributed by atoms with E-state index in [1.165, 1.54) is 0 Å². The van der Waals surface area contributed by atoms with Crippen LogP contribution in [0.25, 0.3) is 0 Å². The number of amides is 1. The van der Waals surface area contributed by atoms with Crippen molar-refractivity contribution in [3.8, 4) is 0 Å². The van der Waals surface area contributed by atoms with Crippen LogP contribution in [0.4, 0.5) is 0 Å². The molecular weight excluding hydrogens is 358 g/mol. The van der Waals surface area contributed by atoms with Crippen molar-refractivity contribution >= 4 is 11.9 Å². The minimum absolute atomic E-state index is 0.163. The summed E-state index contributed by atoms with van der Waals surface area (Å²) in [7, 11) is 0. The Morgan fingerprint density at radius 2 is 1.86 bits per heavy atom. The second kappa shape index (κ2) is 9.96. The fourth-order valence-electron chi connectivity index (χ4n) is 2.57. The molecule has 1 amide bonds. The van der Waals surface area contributed by atoms with E-state index in [0.29, 0.717) is 13.0 Å². The molecule has 7 heteroatoms.